The first kappa shape index (κ1) is 9.74. The lowest BCUT2D eigenvalue weighted by atomic mass is 10.2. The van der Waals surface area contributed by atoms with Gasteiger partial charge in [0.05, 0.1) is 0 Å². The molecule has 1 atom stereocenters. The molecule has 0 aliphatic rings. The molecule has 0 amide bonds. The molecule has 0 bridgehead atoms. The van der Waals surface area contributed by atoms with Crippen molar-refractivity contribution >= 4 is 33.2 Å². The number of carboxylic acid groups (broad SMARTS) is 1. The summed E-state index contributed by atoms with van der Waals surface area (Å²) in [5.74, 6) is -0.836. The lowest BCUT2D eigenvalue weighted by Crippen LogP contribution is -1.93. The predicted octanol–water partition coefficient (Wildman–Crippen LogP) is 3.21. The van der Waals surface area contributed by atoms with Gasteiger partial charge < -0.3 is 5.11 Å². The highest BCUT2D eigenvalue weighted by Gasteiger charge is 2.13. The maximum Gasteiger partial charge on any atom is 0.346 e. The van der Waals surface area contributed by atoms with E-state index in [1.807, 2.05) is 19.9 Å². The molecule has 12 heavy (non-hydrogen) atoms. The van der Waals surface area contributed by atoms with Gasteiger partial charge in [0.25, 0.3) is 0 Å². The van der Waals surface area contributed by atoms with E-state index in [4.69, 9.17) is 5.11 Å². The second-order valence-corrected chi connectivity index (χ2v) is 5.04. The molecule has 4 heteroatoms. The highest BCUT2D eigenvalue weighted by molar-refractivity contribution is 9.09. The van der Waals surface area contributed by atoms with E-state index in [0.29, 0.717) is 4.88 Å². The minimum Gasteiger partial charge on any atom is -0.477 e. The van der Waals surface area contributed by atoms with Gasteiger partial charge >= 0.3 is 5.97 Å². The first-order valence-corrected chi connectivity index (χ1v) is 5.23. The van der Waals surface area contributed by atoms with E-state index in [1.54, 1.807) is 0 Å². The fraction of sp³-hybridized carbons (Fsp3) is 0.375. The summed E-state index contributed by atoms with van der Waals surface area (Å²) >= 11 is 4.73. The Labute approximate surface area is 83.4 Å². The third kappa shape index (κ3) is 1.87. The minimum atomic E-state index is -0.836. The number of aryl methyl sites for hydroxylation is 1. The van der Waals surface area contributed by atoms with Crippen LogP contribution in [0, 0.1) is 6.92 Å². The molecular formula is C8H9BrO2S. The standard InChI is InChI=1S/C8H9BrO2S/c1-4-3-6(5(2)9)12-7(4)8(10)11/h3,5H,1-2H3,(H,10,11). The summed E-state index contributed by atoms with van der Waals surface area (Å²) in [4.78, 5) is 12.4. The Kier molecular flexibility index (Phi) is 2.90. The SMILES string of the molecule is Cc1cc(C(C)Br)sc1C(=O)O. The van der Waals surface area contributed by atoms with Gasteiger partial charge in [0.2, 0.25) is 0 Å². The van der Waals surface area contributed by atoms with Gasteiger partial charge in [-0.1, -0.05) is 15.9 Å². The van der Waals surface area contributed by atoms with Crippen LogP contribution in [0.3, 0.4) is 0 Å². The van der Waals surface area contributed by atoms with Crippen LogP contribution >= 0.6 is 27.3 Å². The van der Waals surface area contributed by atoms with E-state index in [-0.39, 0.29) is 4.83 Å². The van der Waals surface area contributed by atoms with Gasteiger partial charge in [0.15, 0.2) is 0 Å². The van der Waals surface area contributed by atoms with Gasteiger partial charge in [0, 0.05) is 9.70 Å². The molecule has 66 valence electrons. The molecule has 1 aromatic heterocycles. The van der Waals surface area contributed by atoms with Crippen LogP contribution in [0.4, 0.5) is 0 Å². The Balaban J connectivity index is 3.09. The van der Waals surface area contributed by atoms with E-state index in [0.717, 1.165) is 10.4 Å². The Bertz CT molecular complexity index is 304. The van der Waals surface area contributed by atoms with Gasteiger partial charge in [-0.2, -0.15) is 0 Å². The summed E-state index contributed by atoms with van der Waals surface area (Å²) in [6.45, 7) is 3.80. The first-order valence-electron chi connectivity index (χ1n) is 3.50. The molecular weight excluding hydrogens is 240 g/mol. The molecule has 1 rings (SSSR count). The molecule has 0 radical (unpaired) electrons. The van der Waals surface area contributed by atoms with Crippen LogP contribution in [0.5, 0.6) is 0 Å². The third-order valence-corrected chi connectivity index (χ3v) is 3.73. The van der Waals surface area contributed by atoms with E-state index in [9.17, 15) is 4.79 Å². The van der Waals surface area contributed by atoms with Crippen LogP contribution in [0.15, 0.2) is 6.07 Å². The van der Waals surface area contributed by atoms with Crippen molar-refractivity contribution in [1.82, 2.24) is 0 Å². The molecule has 0 aliphatic carbocycles. The Morgan fingerprint density at radius 1 is 1.75 bits per heavy atom. The molecule has 0 saturated carbocycles. The van der Waals surface area contributed by atoms with E-state index in [2.05, 4.69) is 15.9 Å². The summed E-state index contributed by atoms with van der Waals surface area (Å²) in [6, 6.07) is 1.91. The molecule has 2 nitrogen and oxygen atoms in total. The van der Waals surface area contributed by atoms with Gasteiger partial charge in [0.1, 0.15) is 4.88 Å². The second kappa shape index (κ2) is 3.58. The lowest BCUT2D eigenvalue weighted by molar-refractivity contribution is 0.0701. The summed E-state index contributed by atoms with van der Waals surface area (Å²) in [7, 11) is 0. The smallest absolute Gasteiger partial charge is 0.346 e. The van der Waals surface area contributed by atoms with E-state index >= 15 is 0 Å². The molecule has 0 fully saturated rings. The summed E-state index contributed by atoms with van der Waals surface area (Å²) in [6.07, 6.45) is 0. The van der Waals surface area contributed by atoms with E-state index < -0.39 is 5.97 Å². The van der Waals surface area contributed by atoms with Gasteiger partial charge in [-0.3, -0.25) is 0 Å². The molecule has 0 aliphatic heterocycles. The van der Waals surface area contributed by atoms with Crippen molar-refractivity contribution in [3.05, 3.63) is 21.4 Å². The second-order valence-electron chi connectivity index (χ2n) is 2.58. The van der Waals surface area contributed by atoms with Crippen LogP contribution in [0.2, 0.25) is 0 Å². The summed E-state index contributed by atoms with van der Waals surface area (Å²) < 4.78 is 0. The maximum absolute atomic E-state index is 10.7. The number of hydrogen-bond donors (Lipinski definition) is 1. The number of alkyl halides is 1. The van der Waals surface area contributed by atoms with Crippen LogP contribution in [0.25, 0.3) is 0 Å². The number of hydrogen-bond acceptors (Lipinski definition) is 2. The fourth-order valence-electron chi connectivity index (χ4n) is 0.915. The van der Waals surface area contributed by atoms with Crippen molar-refractivity contribution in [2.24, 2.45) is 0 Å². The average Bonchev–Trinajstić information content (AvgIpc) is 2.30. The monoisotopic (exact) mass is 248 g/mol. The molecule has 1 aromatic rings. The van der Waals surface area contributed by atoms with Crippen molar-refractivity contribution < 1.29 is 9.90 Å². The van der Waals surface area contributed by atoms with Crippen LogP contribution in [-0.2, 0) is 0 Å². The number of carbonyl (C=O) groups is 1. The van der Waals surface area contributed by atoms with Crippen molar-refractivity contribution in [2.45, 2.75) is 18.7 Å². The molecule has 1 N–H and O–H groups in total. The third-order valence-electron chi connectivity index (χ3n) is 1.52. The predicted molar refractivity (Wildman–Crippen MR) is 53.4 cm³/mol. The number of aromatic carboxylic acids is 1. The Morgan fingerprint density at radius 3 is 2.58 bits per heavy atom. The van der Waals surface area contributed by atoms with Crippen molar-refractivity contribution in [3.63, 3.8) is 0 Å². The summed E-state index contributed by atoms with van der Waals surface area (Å²) in [5.41, 5.74) is 0.841. The van der Waals surface area contributed by atoms with Crippen LogP contribution in [0.1, 0.15) is 31.9 Å². The van der Waals surface area contributed by atoms with Crippen molar-refractivity contribution in [3.8, 4) is 0 Å². The highest BCUT2D eigenvalue weighted by atomic mass is 79.9. The highest BCUT2D eigenvalue weighted by Crippen LogP contribution is 2.31. The Morgan fingerprint density at radius 2 is 2.33 bits per heavy atom. The Hall–Kier alpha value is -0.350. The molecule has 1 unspecified atom stereocenters. The molecule has 0 spiro atoms. The van der Waals surface area contributed by atoms with Crippen LogP contribution in [-0.4, -0.2) is 11.1 Å². The topological polar surface area (TPSA) is 37.3 Å². The zero-order valence-corrected chi connectivity index (χ0v) is 9.20. The maximum atomic E-state index is 10.7. The van der Waals surface area contributed by atoms with Crippen LogP contribution < -0.4 is 0 Å². The molecule has 1 heterocycles. The first-order chi connectivity index (χ1) is 5.52. The van der Waals surface area contributed by atoms with Gasteiger partial charge in [-0.05, 0) is 25.5 Å². The van der Waals surface area contributed by atoms with E-state index in [1.165, 1.54) is 11.3 Å². The van der Waals surface area contributed by atoms with Crippen molar-refractivity contribution in [2.75, 3.05) is 0 Å². The number of carboxylic acids is 1. The van der Waals surface area contributed by atoms with Gasteiger partial charge in [-0.15, -0.1) is 11.3 Å². The lowest BCUT2D eigenvalue weighted by Gasteiger charge is -1.94. The quantitative estimate of drug-likeness (QED) is 0.817. The fourth-order valence-corrected chi connectivity index (χ4v) is 2.27. The minimum absolute atomic E-state index is 0.231. The number of halogens is 1. The summed E-state index contributed by atoms with van der Waals surface area (Å²) in [5, 5.41) is 8.76. The number of rotatable bonds is 2. The largest absolute Gasteiger partial charge is 0.477 e. The van der Waals surface area contributed by atoms with Crippen molar-refractivity contribution in [1.29, 1.82) is 0 Å². The molecule has 0 saturated heterocycles. The zero-order valence-electron chi connectivity index (χ0n) is 6.80. The zero-order chi connectivity index (χ0) is 9.30. The molecule has 0 aromatic carbocycles. The van der Waals surface area contributed by atoms with Gasteiger partial charge in [-0.25, -0.2) is 4.79 Å². The average molecular weight is 249 g/mol. The normalized spacial score (nSPS) is 12.9. The number of thiophene rings is 1.